The molecule has 1 N–H and O–H groups in total. The second kappa shape index (κ2) is 6.39. The lowest BCUT2D eigenvalue weighted by molar-refractivity contribution is 0.149. The van der Waals surface area contributed by atoms with Gasteiger partial charge in [-0.15, -0.1) is 0 Å². The second-order valence-electron chi connectivity index (χ2n) is 7.55. The topological polar surface area (TPSA) is 15.3 Å². The summed E-state index contributed by atoms with van der Waals surface area (Å²) < 4.78 is 0. The predicted molar refractivity (Wildman–Crippen MR) is 90.8 cm³/mol. The molecule has 21 heavy (non-hydrogen) atoms. The van der Waals surface area contributed by atoms with E-state index in [0.29, 0.717) is 11.5 Å². The van der Waals surface area contributed by atoms with Crippen molar-refractivity contribution in [3.8, 4) is 0 Å². The van der Waals surface area contributed by atoms with Crippen molar-refractivity contribution in [1.29, 1.82) is 0 Å². The molecule has 2 heteroatoms. The van der Waals surface area contributed by atoms with Crippen LogP contribution in [0.3, 0.4) is 0 Å². The van der Waals surface area contributed by atoms with Crippen LogP contribution in [-0.2, 0) is 0 Å². The number of hydrogen-bond acceptors (Lipinski definition) is 2. The zero-order valence-electron chi connectivity index (χ0n) is 13.6. The van der Waals surface area contributed by atoms with Gasteiger partial charge in [-0.2, -0.15) is 0 Å². The van der Waals surface area contributed by atoms with Crippen molar-refractivity contribution >= 4 is 5.69 Å². The molecule has 1 aliphatic carbocycles. The Morgan fingerprint density at radius 2 is 1.71 bits per heavy atom. The molecule has 3 rings (SSSR count). The highest BCUT2D eigenvalue weighted by atomic mass is 15.1. The zero-order valence-corrected chi connectivity index (χ0v) is 13.6. The molecule has 2 fully saturated rings. The Morgan fingerprint density at radius 1 is 1.00 bits per heavy atom. The van der Waals surface area contributed by atoms with E-state index in [9.17, 15) is 0 Å². The normalized spacial score (nSPS) is 26.8. The van der Waals surface area contributed by atoms with Crippen LogP contribution in [-0.4, -0.2) is 25.2 Å². The minimum absolute atomic E-state index is 0.481. The van der Waals surface area contributed by atoms with Gasteiger partial charge in [0.2, 0.25) is 0 Å². The van der Waals surface area contributed by atoms with Gasteiger partial charge in [-0.1, -0.05) is 44.9 Å². The fourth-order valence-electron chi connectivity index (χ4n) is 4.03. The van der Waals surface area contributed by atoms with E-state index < -0.39 is 0 Å². The van der Waals surface area contributed by atoms with Crippen molar-refractivity contribution in [1.82, 2.24) is 5.32 Å². The molecule has 1 heterocycles. The van der Waals surface area contributed by atoms with E-state index >= 15 is 0 Å². The smallest absolute Gasteiger partial charge is 0.0366 e. The Bertz CT molecular complexity index is 432. The van der Waals surface area contributed by atoms with Gasteiger partial charge in [0.05, 0.1) is 0 Å². The van der Waals surface area contributed by atoms with Gasteiger partial charge in [-0.25, -0.2) is 0 Å². The second-order valence-corrected chi connectivity index (χ2v) is 7.55. The van der Waals surface area contributed by atoms with E-state index in [0.717, 1.165) is 6.04 Å². The number of para-hydroxylation sites is 1. The number of nitrogens with zero attached hydrogens (tertiary/aromatic N) is 1. The number of hydrogen-bond donors (Lipinski definition) is 1. The monoisotopic (exact) mass is 286 g/mol. The average Bonchev–Trinajstić information content (AvgIpc) is 2.51. The molecule has 0 aromatic heterocycles. The zero-order chi connectivity index (χ0) is 14.7. The van der Waals surface area contributed by atoms with E-state index in [-0.39, 0.29) is 0 Å². The third-order valence-corrected chi connectivity index (χ3v) is 5.56. The molecule has 1 atom stereocenters. The summed E-state index contributed by atoms with van der Waals surface area (Å²) in [5.41, 5.74) is 1.86. The fraction of sp³-hybridized carbons (Fsp3) is 0.684. The minimum atomic E-state index is 0.481. The standard InChI is InChI=1S/C19H30N2/c1-19(2)13-7-6-10-18(19)20-16-11-14-21(15-12-16)17-8-4-3-5-9-17/h3-5,8-9,16,18,20H,6-7,10-15H2,1-2H3. The SMILES string of the molecule is CC1(C)CCCCC1NC1CCN(c2ccccc2)CC1. The molecule has 1 aromatic carbocycles. The van der Waals surface area contributed by atoms with Gasteiger partial charge in [0.1, 0.15) is 0 Å². The molecule has 2 aliphatic rings. The van der Waals surface area contributed by atoms with Crippen molar-refractivity contribution in [3.63, 3.8) is 0 Å². The van der Waals surface area contributed by atoms with E-state index in [2.05, 4.69) is 54.4 Å². The minimum Gasteiger partial charge on any atom is -0.371 e. The summed E-state index contributed by atoms with van der Waals surface area (Å²) in [6.45, 7) is 7.27. The highest BCUT2D eigenvalue weighted by Crippen LogP contribution is 2.36. The third kappa shape index (κ3) is 3.60. The van der Waals surface area contributed by atoms with Crippen LogP contribution in [0.4, 0.5) is 5.69 Å². The quantitative estimate of drug-likeness (QED) is 0.895. The molecule has 1 saturated carbocycles. The van der Waals surface area contributed by atoms with Gasteiger partial charge in [0.25, 0.3) is 0 Å². The Morgan fingerprint density at radius 3 is 2.38 bits per heavy atom. The highest BCUT2D eigenvalue weighted by Gasteiger charge is 2.34. The molecular formula is C19H30N2. The average molecular weight is 286 g/mol. The Hall–Kier alpha value is -1.02. The fourth-order valence-corrected chi connectivity index (χ4v) is 4.03. The molecule has 2 nitrogen and oxygen atoms in total. The Balaban J connectivity index is 1.52. The van der Waals surface area contributed by atoms with Crippen LogP contribution in [0.1, 0.15) is 52.4 Å². The first-order valence-corrected chi connectivity index (χ1v) is 8.71. The largest absolute Gasteiger partial charge is 0.371 e. The number of anilines is 1. The molecule has 1 saturated heterocycles. The van der Waals surface area contributed by atoms with Gasteiger partial charge in [-0.05, 0) is 43.2 Å². The van der Waals surface area contributed by atoms with E-state index in [1.807, 2.05) is 0 Å². The number of nitrogens with one attached hydrogen (secondary N) is 1. The van der Waals surface area contributed by atoms with Crippen LogP contribution < -0.4 is 10.2 Å². The number of rotatable bonds is 3. The third-order valence-electron chi connectivity index (χ3n) is 5.56. The van der Waals surface area contributed by atoms with Gasteiger partial charge in [0, 0.05) is 30.9 Å². The molecule has 0 amide bonds. The molecule has 1 aromatic rings. The van der Waals surface area contributed by atoms with Crippen LogP contribution in [0, 0.1) is 5.41 Å². The Kier molecular flexibility index (Phi) is 4.54. The van der Waals surface area contributed by atoms with Crippen molar-refractivity contribution in [2.24, 2.45) is 5.41 Å². The molecule has 116 valence electrons. The van der Waals surface area contributed by atoms with Gasteiger partial charge in [-0.3, -0.25) is 0 Å². The van der Waals surface area contributed by atoms with Crippen molar-refractivity contribution < 1.29 is 0 Å². The molecule has 1 aliphatic heterocycles. The van der Waals surface area contributed by atoms with E-state index in [1.165, 1.54) is 57.3 Å². The molecule has 1 unspecified atom stereocenters. The van der Waals surface area contributed by atoms with Crippen LogP contribution in [0.2, 0.25) is 0 Å². The van der Waals surface area contributed by atoms with Crippen LogP contribution >= 0.6 is 0 Å². The summed E-state index contributed by atoms with van der Waals surface area (Å²) in [5.74, 6) is 0. The van der Waals surface area contributed by atoms with Gasteiger partial charge in [0.15, 0.2) is 0 Å². The molecule has 0 radical (unpaired) electrons. The van der Waals surface area contributed by atoms with Gasteiger partial charge >= 0.3 is 0 Å². The maximum absolute atomic E-state index is 3.99. The van der Waals surface area contributed by atoms with Crippen molar-refractivity contribution in [2.75, 3.05) is 18.0 Å². The Labute approximate surface area is 129 Å². The van der Waals surface area contributed by atoms with Crippen molar-refractivity contribution in [3.05, 3.63) is 30.3 Å². The molecule has 0 bridgehead atoms. The van der Waals surface area contributed by atoms with Crippen LogP contribution in [0.5, 0.6) is 0 Å². The maximum atomic E-state index is 3.99. The van der Waals surface area contributed by atoms with Crippen LogP contribution in [0.25, 0.3) is 0 Å². The first-order valence-electron chi connectivity index (χ1n) is 8.71. The summed E-state index contributed by atoms with van der Waals surface area (Å²) >= 11 is 0. The summed E-state index contributed by atoms with van der Waals surface area (Å²) in [7, 11) is 0. The van der Waals surface area contributed by atoms with Crippen LogP contribution in [0.15, 0.2) is 30.3 Å². The predicted octanol–water partition coefficient (Wildman–Crippen LogP) is 4.21. The lowest BCUT2D eigenvalue weighted by Crippen LogP contribution is -2.52. The molecule has 0 spiro atoms. The summed E-state index contributed by atoms with van der Waals surface area (Å²) in [5, 5.41) is 3.99. The van der Waals surface area contributed by atoms with E-state index in [4.69, 9.17) is 0 Å². The maximum Gasteiger partial charge on any atom is 0.0366 e. The van der Waals surface area contributed by atoms with Gasteiger partial charge < -0.3 is 10.2 Å². The first-order chi connectivity index (χ1) is 10.1. The summed E-state index contributed by atoms with van der Waals surface area (Å²) in [6.07, 6.45) is 8.13. The summed E-state index contributed by atoms with van der Waals surface area (Å²) in [6, 6.07) is 12.3. The summed E-state index contributed by atoms with van der Waals surface area (Å²) in [4.78, 5) is 2.53. The number of benzene rings is 1. The van der Waals surface area contributed by atoms with Crippen molar-refractivity contribution in [2.45, 2.75) is 64.5 Å². The van der Waals surface area contributed by atoms with E-state index in [1.54, 1.807) is 0 Å². The highest BCUT2D eigenvalue weighted by molar-refractivity contribution is 5.46. The lowest BCUT2D eigenvalue weighted by Gasteiger charge is -2.43. The lowest BCUT2D eigenvalue weighted by atomic mass is 9.73. The first kappa shape index (κ1) is 14.9. The molecular weight excluding hydrogens is 256 g/mol. The number of piperidine rings is 1.